The Bertz CT molecular complexity index is 902. The van der Waals surface area contributed by atoms with Crippen LogP contribution in [0.1, 0.15) is 25.0 Å². The molecule has 0 atom stereocenters. The summed E-state index contributed by atoms with van der Waals surface area (Å²) < 4.78 is 5.63. The van der Waals surface area contributed by atoms with E-state index in [1.54, 1.807) is 0 Å². The van der Waals surface area contributed by atoms with Crippen molar-refractivity contribution in [3.8, 4) is 5.75 Å². The van der Waals surface area contributed by atoms with E-state index >= 15 is 0 Å². The van der Waals surface area contributed by atoms with Crippen molar-refractivity contribution < 1.29 is 9.53 Å². The maximum Gasteiger partial charge on any atom is 0.258 e. The van der Waals surface area contributed by atoms with E-state index in [0.29, 0.717) is 12.3 Å². The van der Waals surface area contributed by atoms with E-state index in [2.05, 4.69) is 54.4 Å². The van der Waals surface area contributed by atoms with Gasteiger partial charge in [0.2, 0.25) is 0 Å². The predicted octanol–water partition coefficient (Wildman–Crippen LogP) is 4.38. The van der Waals surface area contributed by atoms with Crippen molar-refractivity contribution in [3.63, 3.8) is 0 Å². The van der Waals surface area contributed by atoms with E-state index in [4.69, 9.17) is 4.74 Å². The molecule has 3 aromatic rings. The Hall–Kier alpha value is -2.85. The van der Waals surface area contributed by atoms with Gasteiger partial charge in [-0.25, -0.2) is 0 Å². The molecule has 0 bridgehead atoms. The summed E-state index contributed by atoms with van der Waals surface area (Å²) in [4.78, 5) is 14.5. The molecule has 0 saturated heterocycles. The smallest absolute Gasteiger partial charge is 0.258 e. The van der Waals surface area contributed by atoms with Crippen molar-refractivity contribution in [2.45, 2.75) is 26.9 Å². The molecule has 0 unspecified atom stereocenters. The molecule has 0 aliphatic rings. The van der Waals surface area contributed by atoms with E-state index < -0.39 is 0 Å². The molecule has 0 aliphatic carbocycles. The van der Waals surface area contributed by atoms with Crippen molar-refractivity contribution in [2.24, 2.45) is 0 Å². The number of fused-ring (bicyclic) bond motifs is 1. The van der Waals surface area contributed by atoms with Gasteiger partial charge in [-0.05, 0) is 47.1 Å². The maximum absolute atomic E-state index is 12.1. The van der Waals surface area contributed by atoms with Crippen LogP contribution in [0.25, 0.3) is 10.8 Å². The van der Waals surface area contributed by atoms with Gasteiger partial charge in [0, 0.05) is 13.1 Å². The largest absolute Gasteiger partial charge is 0.484 e. The molecule has 0 fully saturated rings. The highest BCUT2D eigenvalue weighted by atomic mass is 16.5. The first kappa shape index (κ1) is 19.9. The van der Waals surface area contributed by atoms with Crippen LogP contribution in [0.5, 0.6) is 5.75 Å². The van der Waals surface area contributed by atoms with Crippen LogP contribution in [-0.4, -0.2) is 30.5 Å². The van der Waals surface area contributed by atoms with Crippen LogP contribution in [0.15, 0.2) is 66.7 Å². The lowest BCUT2D eigenvalue weighted by molar-refractivity contribution is -0.123. The van der Waals surface area contributed by atoms with Crippen molar-refractivity contribution in [2.75, 3.05) is 19.7 Å². The molecular formula is C24H28N2O2. The number of benzene rings is 3. The van der Waals surface area contributed by atoms with E-state index in [1.807, 2.05) is 36.4 Å². The first-order valence-corrected chi connectivity index (χ1v) is 9.86. The molecule has 28 heavy (non-hydrogen) atoms. The molecule has 4 heteroatoms. The summed E-state index contributed by atoms with van der Waals surface area (Å²) in [6, 6.07) is 22.3. The monoisotopic (exact) mass is 376 g/mol. The molecule has 0 spiro atoms. The number of rotatable bonds is 9. The van der Waals surface area contributed by atoms with Gasteiger partial charge in [-0.3, -0.25) is 9.69 Å². The van der Waals surface area contributed by atoms with Gasteiger partial charge in [0.15, 0.2) is 6.61 Å². The average molecular weight is 377 g/mol. The van der Waals surface area contributed by atoms with Gasteiger partial charge in [0.25, 0.3) is 5.91 Å². The minimum atomic E-state index is -0.125. The lowest BCUT2D eigenvalue weighted by atomic mass is 10.1. The number of hydrogen-bond donors (Lipinski definition) is 1. The van der Waals surface area contributed by atoms with Crippen LogP contribution in [0, 0.1) is 0 Å². The highest BCUT2D eigenvalue weighted by Crippen LogP contribution is 2.20. The van der Waals surface area contributed by atoms with Crippen molar-refractivity contribution in [1.29, 1.82) is 0 Å². The van der Waals surface area contributed by atoms with Crippen molar-refractivity contribution in [3.05, 3.63) is 77.9 Å². The minimum absolute atomic E-state index is 0.0123. The third-order valence-corrected chi connectivity index (χ3v) is 4.90. The fraction of sp³-hybridized carbons (Fsp3) is 0.292. The van der Waals surface area contributed by atoms with Crippen LogP contribution in [0.4, 0.5) is 0 Å². The fourth-order valence-electron chi connectivity index (χ4n) is 3.13. The molecule has 0 radical (unpaired) electrons. The molecule has 0 heterocycles. The molecular weight excluding hydrogens is 348 g/mol. The molecule has 146 valence electrons. The minimum Gasteiger partial charge on any atom is -0.484 e. The van der Waals surface area contributed by atoms with Crippen LogP contribution in [-0.2, 0) is 17.9 Å². The normalized spacial score (nSPS) is 11.0. The second kappa shape index (κ2) is 9.90. The molecule has 0 aromatic heterocycles. The highest BCUT2D eigenvalue weighted by molar-refractivity contribution is 5.84. The molecule has 1 N–H and O–H groups in total. The van der Waals surface area contributed by atoms with Crippen molar-refractivity contribution in [1.82, 2.24) is 10.2 Å². The quantitative estimate of drug-likeness (QED) is 0.603. The number of amides is 1. The molecule has 4 nitrogen and oxygen atoms in total. The zero-order valence-electron chi connectivity index (χ0n) is 16.7. The van der Waals surface area contributed by atoms with Gasteiger partial charge in [-0.1, -0.05) is 68.4 Å². The first-order chi connectivity index (χ1) is 13.7. The Morgan fingerprint density at radius 2 is 1.57 bits per heavy atom. The molecule has 1 amide bonds. The number of carbonyl (C=O) groups excluding carboxylic acids is 1. The summed E-state index contributed by atoms with van der Waals surface area (Å²) in [5.41, 5.74) is 2.38. The average Bonchev–Trinajstić information content (AvgIpc) is 2.75. The van der Waals surface area contributed by atoms with E-state index in [-0.39, 0.29) is 12.5 Å². The zero-order valence-corrected chi connectivity index (χ0v) is 16.7. The highest BCUT2D eigenvalue weighted by Gasteiger charge is 2.05. The second-order valence-corrected chi connectivity index (χ2v) is 6.85. The second-order valence-electron chi connectivity index (χ2n) is 6.85. The Balaban J connectivity index is 1.45. The molecule has 3 rings (SSSR count). The molecule has 0 saturated carbocycles. The SMILES string of the molecule is CCN(CC)Cc1ccc(CNC(=O)COc2ccc3ccccc3c2)cc1. The van der Waals surface area contributed by atoms with Gasteiger partial charge in [0.1, 0.15) is 5.75 Å². The molecule has 0 aliphatic heterocycles. The Morgan fingerprint density at radius 3 is 2.29 bits per heavy atom. The number of nitrogens with one attached hydrogen (secondary N) is 1. The summed E-state index contributed by atoms with van der Waals surface area (Å²) >= 11 is 0. The van der Waals surface area contributed by atoms with Gasteiger partial charge in [0.05, 0.1) is 0 Å². The molecule has 3 aromatic carbocycles. The lowest BCUT2D eigenvalue weighted by Gasteiger charge is -2.18. The predicted molar refractivity (Wildman–Crippen MR) is 114 cm³/mol. The Kier molecular flexibility index (Phi) is 7.04. The fourth-order valence-corrected chi connectivity index (χ4v) is 3.13. The van der Waals surface area contributed by atoms with E-state index in [1.165, 1.54) is 5.56 Å². The summed E-state index contributed by atoms with van der Waals surface area (Å²) in [6.07, 6.45) is 0. The zero-order chi connectivity index (χ0) is 19.8. The summed E-state index contributed by atoms with van der Waals surface area (Å²) in [5.74, 6) is 0.579. The standard InChI is InChI=1S/C24H28N2O2/c1-3-26(4-2)17-20-11-9-19(10-12-20)16-25-24(27)18-28-23-14-13-21-7-5-6-8-22(21)15-23/h5-15H,3-4,16-18H2,1-2H3,(H,25,27). The van der Waals surface area contributed by atoms with Gasteiger partial charge < -0.3 is 10.1 Å². The number of nitrogens with zero attached hydrogens (tertiary/aromatic N) is 1. The van der Waals surface area contributed by atoms with Crippen molar-refractivity contribution >= 4 is 16.7 Å². The number of carbonyl (C=O) groups is 1. The summed E-state index contributed by atoms with van der Waals surface area (Å²) in [6.45, 7) is 7.92. The summed E-state index contributed by atoms with van der Waals surface area (Å²) in [7, 11) is 0. The Morgan fingerprint density at radius 1 is 0.893 bits per heavy atom. The van der Waals surface area contributed by atoms with Crippen LogP contribution in [0.2, 0.25) is 0 Å². The van der Waals surface area contributed by atoms with Gasteiger partial charge in [-0.2, -0.15) is 0 Å². The van der Waals surface area contributed by atoms with E-state index in [9.17, 15) is 4.79 Å². The number of hydrogen-bond acceptors (Lipinski definition) is 3. The number of ether oxygens (including phenoxy) is 1. The Labute approximate surface area is 167 Å². The van der Waals surface area contributed by atoms with Gasteiger partial charge in [-0.15, -0.1) is 0 Å². The third kappa shape index (κ3) is 5.57. The lowest BCUT2D eigenvalue weighted by Crippen LogP contribution is -2.28. The van der Waals surface area contributed by atoms with Crippen LogP contribution in [0.3, 0.4) is 0 Å². The maximum atomic E-state index is 12.1. The van der Waals surface area contributed by atoms with Gasteiger partial charge >= 0.3 is 0 Å². The van der Waals surface area contributed by atoms with E-state index in [0.717, 1.165) is 36.0 Å². The first-order valence-electron chi connectivity index (χ1n) is 9.86. The van der Waals surface area contributed by atoms with Crippen LogP contribution >= 0.6 is 0 Å². The topological polar surface area (TPSA) is 41.6 Å². The van der Waals surface area contributed by atoms with Crippen LogP contribution < -0.4 is 10.1 Å². The third-order valence-electron chi connectivity index (χ3n) is 4.90. The summed E-state index contributed by atoms with van der Waals surface area (Å²) in [5, 5.41) is 5.17.